The second kappa shape index (κ2) is 11.4. The van der Waals surface area contributed by atoms with Crippen LogP contribution in [-0.2, 0) is 16.2 Å². The molecule has 5 aromatic rings. The lowest BCUT2D eigenvalue weighted by Gasteiger charge is -2.10. The van der Waals surface area contributed by atoms with Gasteiger partial charge in [-0.1, -0.05) is 0 Å². The van der Waals surface area contributed by atoms with E-state index in [1.807, 2.05) is 19.9 Å². The van der Waals surface area contributed by atoms with E-state index in [1.54, 1.807) is 18.2 Å². The number of thiazole rings is 1. The maximum atomic E-state index is 12.8. The first-order valence-corrected chi connectivity index (χ1v) is 14.5. The van der Waals surface area contributed by atoms with Gasteiger partial charge in [0, 0.05) is 12.1 Å². The number of hydrogen-bond acceptors (Lipinski definition) is 8. The second-order valence-corrected chi connectivity index (χ2v) is 11.9. The van der Waals surface area contributed by atoms with Crippen LogP contribution in [0, 0.1) is 13.8 Å². The molecular weight excluding hydrogens is 603 g/mol. The smallest absolute Gasteiger partial charge is 0.416 e. The van der Waals surface area contributed by atoms with Crippen LogP contribution in [0.25, 0.3) is 31.8 Å². The van der Waals surface area contributed by atoms with E-state index in [1.165, 1.54) is 11.3 Å². The van der Waals surface area contributed by atoms with Gasteiger partial charge < -0.3 is 9.47 Å². The van der Waals surface area contributed by atoms with Crippen molar-refractivity contribution in [3.8, 4) is 22.2 Å². The number of benzene rings is 3. The lowest BCUT2D eigenvalue weighted by atomic mass is 10.1. The predicted molar refractivity (Wildman–Crippen MR) is 146 cm³/mol. The predicted octanol–water partition coefficient (Wildman–Crippen LogP) is 6.50. The number of aromatic nitrogens is 3. The minimum absolute atomic E-state index is 0.0440. The first-order chi connectivity index (χ1) is 19.8. The molecule has 3 aromatic carbocycles. The highest BCUT2D eigenvalue weighted by Gasteiger charge is 2.30. The van der Waals surface area contributed by atoms with E-state index in [0.717, 1.165) is 34.2 Å². The van der Waals surface area contributed by atoms with Crippen molar-refractivity contribution in [3.05, 3.63) is 71.4 Å². The monoisotopic (exact) mass is 624 g/mol. The summed E-state index contributed by atoms with van der Waals surface area (Å²) in [7, 11) is -4.04. The Morgan fingerprint density at radius 1 is 1.00 bits per heavy atom. The van der Waals surface area contributed by atoms with Gasteiger partial charge in [-0.05, 0) is 73.5 Å². The van der Waals surface area contributed by atoms with Crippen molar-refractivity contribution >= 4 is 42.6 Å². The van der Waals surface area contributed by atoms with Crippen molar-refractivity contribution < 1.29 is 39.8 Å². The summed E-state index contributed by atoms with van der Waals surface area (Å²) in [6, 6.07) is 10.3. The Bertz CT molecular complexity index is 1880. The van der Waals surface area contributed by atoms with Gasteiger partial charge in [-0.25, -0.2) is 28.1 Å². The Morgan fingerprint density at radius 3 is 2.43 bits per heavy atom. The maximum Gasteiger partial charge on any atom is 0.416 e. The van der Waals surface area contributed by atoms with Crippen molar-refractivity contribution in [1.82, 2.24) is 19.7 Å². The molecule has 2 heterocycles. The van der Waals surface area contributed by atoms with Crippen LogP contribution in [0.5, 0.6) is 11.6 Å². The zero-order valence-electron chi connectivity index (χ0n) is 21.9. The molecule has 0 amide bonds. The standard InChI is InChI=1S/C27H21F5N4O4S2/c1-14-9-19(24-20(10-14)35-22(13-33-24)40-26(28)29)25-36-23-15(2)11-17(12-21(23)41-25)39-8-7-34-42(37,38)18-5-3-16(4-6-18)27(30,31)32/h3-6,9-13,26,34H,7-8H2,1-2H3. The number of rotatable bonds is 9. The van der Waals surface area contributed by atoms with Crippen LogP contribution in [0.1, 0.15) is 16.7 Å². The Hall–Kier alpha value is -3.95. The fourth-order valence-corrected chi connectivity index (χ4v) is 6.28. The molecule has 5 rings (SSSR count). The van der Waals surface area contributed by atoms with Gasteiger partial charge in [0.25, 0.3) is 0 Å². The molecule has 0 fully saturated rings. The largest absolute Gasteiger partial charge is 0.492 e. The van der Waals surface area contributed by atoms with Gasteiger partial charge in [0.15, 0.2) is 0 Å². The average Bonchev–Trinajstić information content (AvgIpc) is 3.34. The molecule has 0 atom stereocenters. The summed E-state index contributed by atoms with van der Waals surface area (Å²) in [4.78, 5) is 12.9. The van der Waals surface area contributed by atoms with Gasteiger partial charge in [-0.3, -0.25) is 0 Å². The van der Waals surface area contributed by atoms with Crippen molar-refractivity contribution in [2.75, 3.05) is 13.2 Å². The fraction of sp³-hybridized carbons (Fsp3) is 0.222. The Labute approximate surface area is 240 Å². The first-order valence-electron chi connectivity index (χ1n) is 12.2. The van der Waals surface area contributed by atoms with Crippen molar-refractivity contribution in [2.45, 2.75) is 31.5 Å². The quantitative estimate of drug-likeness (QED) is 0.148. The number of sulfonamides is 1. The van der Waals surface area contributed by atoms with E-state index in [0.29, 0.717) is 45.0 Å². The van der Waals surface area contributed by atoms with Crippen LogP contribution in [0.3, 0.4) is 0 Å². The molecule has 0 saturated carbocycles. The number of aryl methyl sites for hydroxylation is 2. The molecule has 8 nitrogen and oxygen atoms in total. The van der Waals surface area contributed by atoms with E-state index in [4.69, 9.17) is 9.72 Å². The van der Waals surface area contributed by atoms with Gasteiger partial charge in [0.1, 0.15) is 17.4 Å². The molecule has 2 aromatic heterocycles. The van der Waals surface area contributed by atoms with Crippen LogP contribution in [0.15, 0.2) is 59.6 Å². The minimum Gasteiger partial charge on any atom is -0.492 e. The topological polar surface area (TPSA) is 103 Å². The zero-order valence-corrected chi connectivity index (χ0v) is 23.5. The normalized spacial score (nSPS) is 12.4. The molecule has 0 bridgehead atoms. The lowest BCUT2D eigenvalue weighted by molar-refractivity contribution is -0.137. The third-order valence-corrected chi connectivity index (χ3v) is 8.54. The minimum atomic E-state index is -4.57. The van der Waals surface area contributed by atoms with E-state index >= 15 is 0 Å². The molecule has 42 heavy (non-hydrogen) atoms. The molecule has 0 aliphatic heterocycles. The van der Waals surface area contributed by atoms with Crippen molar-refractivity contribution in [2.24, 2.45) is 0 Å². The van der Waals surface area contributed by atoms with Gasteiger partial charge in [-0.2, -0.15) is 22.0 Å². The van der Waals surface area contributed by atoms with E-state index < -0.39 is 28.4 Å². The van der Waals surface area contributed by atoms with Crippen LogP contribution in [0.2, 0.25) is 0 Å². The zero-order chi connectivity index (χ0) is 30.2. The first kappa shape index (κ1) is 29.5. The lowest BCUT2D eigenvalue weighted by Crippen LogP contribution is -2.28. The Balaban J connectivity index is 1.31. The average molecular weight is 625 g/mol. The van der Waals surface area contributed by atoms with Gasteiger partial charge in [0.2, 0.25) is 15.9 Å². The summed E-state index contributed by atoms with van der Waals surface area (Å²) in [5, 5.41) is 0.625. The van der Waals surface area contributed by atoms with Crippen LogP contribution < -0.4 is 14.2 Å². The van der Waals surface area contributed by atoms with Crippen LogP contribution in [-0.4, -0.2) is 43.1 Å². The van der Waals surface area contributed by atoms with Gasteiger partial charge in [-0.15, -0.1) is 11.3 Å². The third-order valence-electron chi connectivity index (χ3n) is 6.02. The van der Waals surface area contributed by atoms with Crippen molar-refractivity contribution in [3.63, 3.8) is 0 Å². The number of alkyl halides is 5. The molecule has 1 N–H and O–H groups in total. The third kappa shape index (κ3) is 6.42. The summed E-state index contributed by atoms with van der Waals surface area (Å²) in [5.41, 5.74) is 2.90. The molecular formula is C27H21F5N4O4S2. The number of hydrogen-bond donors (Lipinski definition) is 1. The molecule has 0 aliphatic rings. The summed E-state index contributed by atoms with van der Waals surface area (Å²) in [5.74, 6) is 0.171. The fourth-order valence-electron chi connectivity index (χ4n) is 4.17. The number of nitrogens with zero attached hydrogens (tertiary/aromatic N) is 3. The van der Waals surface area contributed by atoms with E-state index in [-0.39, 0.29) is 23.9 Å². The summed E-state index contributed by atoms with van der Waals surface area (Å²) in [6.07, 6.45) is -3.44. The van der Waals surface area contributed by atoms with Gasteiger partial charge >= 0.3 is 12.8 Å². The van der Waals surface area contributed by atoms with Crippen LogP contribution in [0.4, 0.5) is 22.0 Å². The Morgan fingerprint density at radius 2 is 1.74 bits per heavy atom. The molecule has 0 unspecified atom stereocenters. The number of fused-ring (bicyclic) bond motifs is 2. The maximum absolute atomic E-state index is 12.8. The number of ether oxygens (including phenoxy) is 2. The Kier molecular flexibility index (Phi) is 8.00. The summed E-state index contributed by atoms with van der Waals surface area (Å²) in [6.45, 7) is 0.483. The molecule has 0 spiro atoms. The molecule has 0 saturated heterocycles. The van der Waals surface area contributed by atoms with E-state index in [9.17, 15) is 30.4 Å². The molecule has 220 valence electrons. The molecule has 0 radical (unpaired) electrons. The number of halogens is 5. The SMILES string of the molecule is Cc1cc(-c2nc3c(C)cc(OCCNS(=O)(=O)c4ccc(C(F)(F)F)cc4)cc3s2)c2ncc(OC(F)F)nc2c1. The molecule has 0 aliphatic carbocycles. The molecule has 15 heteroatoms. The highest BCUT2D eigenvalue weighted by atomic mass is 32.2. The second-order valence-electron chi connectivity index (χ2n) is 9.14. The highest BCUT2D eigenvalue weighted by Crippen LogP contribution is 2.37. The highest BCUT2D eigenvalue weighted by molar-refractivity contribution is 7.89. The van der Waals surface area contributed by atoms with Gasteiger partial charge in [0.05, 0.1) is 37.9 Å². The summed E-state index contributed by atoms with van der Waals surface area (Å²) >= 11 is 1.36. The van der Waals surface area contributed by atoms with E-state index in [2.05, 4.69) is 19.4 Å². The van der Waals surface area contributed by atoms with Crippen LogP contribution >= 0.6 is 11.3 Å². The number of nitrogens with one attached hydrogen (secondary N) is 1. The summed E-state index contributed by atoms with van der Waals surface area (Å²) < 4.78 is 102. The van der Waals surface area contributed by atoms with Crippen molar-refractivity contribution in [1.29, 1.82) is 0 Å².